The molecule has 1 aliphatic rings. The zero-order valence-electron chi connectivity index (χ0n) is 10.7. The fourth-order valence-electron chi connectivity index (χ4n) is 1.70. The summed E-state index contributed by atoms with van der Waals surface area (Å²) in [4.78, 5) is 26.6. The summed E-state index contributed by atoms with van der Waals surface area (Å²) in [5.41, 5.74) is -0.115. The predicted molar refractivity (Wildman–Crippen MR) is 72.2 cm³/mol. The van der Waals surface area contributed by atoms with Crippen LogP contribution in [0.3, 0.4) is 0 Å². The van der Waals surface area contributed by atoms with Crippen LogP contribution in [-0.2, 0) is 9.59 Å². The summed E-state index contributed by atoms with van der Waals surface area (Å²) in [7, 11) is 0. The van der Waals surface area contributed by atoms with Gasteiger partial charge in [0, 0.05) is 4.91 Å². The van der Waals surface area contributed by atoms with Crippen molar-refractivity contribution >= 4 is 29.4 Å². The molecule has 0 amide bonds. The summed E-state index contributed by atoms with van der Waals surface area (Å²) < 4.78 is 0. The van der Waals surface area contributed by atoms with E-state index in [9.17, 15) is 14.7 Å². The molecule has 0 radical (unpaired) electrons. The van der Waals surface area contributed by atoms with E-state index in [-0.39, 0.29) is 5.71 Å². The number of hydrogen-bond acceptors (Lipinski definition) is 5. The number of aliphatic imine (C=N–C) groups is 1. The number of thioether (sulfide) groups is 1. The topological polar surface area (TPSA) is 107 Å². The van der Waals surface area contributed by atoms with E-state index in [1.807, 2.05) is 6.92 Å². The maximum absolute atomic E-state index is 11.1. The molecule has 19 heavy (non-hydrogen) atoms. The summed E-state index contributed by atoms with van der Waals surface area (Å²) in [5, 5.41) is 26.8. The van der Waals surface area contributed by atoms with Crippen molar-refractivity contribution in [2.75, 3.05) is 0 Å². The Bertz CT molecular complexity index is 430. The molecule has 7 heteroatoms. The number of allylic oxidation sites excluding steroid dienone is 1. The molecule has 1 aliphatic heterocycles. The number of unbranched alkanes of at least 4 members (excludes halogenated alkanes) is 1. The summed E-state index contributed by atoms with van der Waals surface area (Å²) in [5.74, 6) is -3.48. The van der Waals surface area contributed by atoms with Crippen LogP contribution >= 0.6 is 11.8 Å². The summed E-state index contributed by atoms with van der Waals surface area (Å²) >= 11 is 1.09. The highest BCUT2D eigenvalue weighted by Crippen LogP contribution is 2.37. The fourth-order valence-corrected chi connectivity index (χ4v) is 3.08. The SMILES string of the molecule is CCC/C=C1\S[C@H]([C@H](C(=O)O)[C@@H](C)O)N=C1C(=O)O. The van der Waals surface area contributed by atoms with E-state index >= 15 is 0 Å². The average Bonchev–Trinajstić information content (AvgIpc) is 2.69. The van der Waals surface area contributed by atoms with E-state index in [4.69, 9.17) is 10.2 Å². The lowest BCUT2D eigenvalue weighted by Gasteiger charge is -2.18. The van der Waals surface area contributed by atoms with Crippen LogP contribution in [0.4, 0.5) is 0 Å². The average molecular weight is 287 g/mol. The van der Waals surface area contributed by atoms with Crippen LogP contribution in [0.2, 0.25) is 0 Å². The molecule has 0 unspecified atom stereocenters. The van der Waals surface area contributed by atoms with Gasteiger partial charge in [0.25, 0.3) is 0 Å². The third-order valence-electron chi connectivity index (χ3n) is 2.67. The van der Waals surface area contributed by atoms with Gasteiger partial charge < -0.3 is 15.3 Å². The van der Waals surface area contributed by atoms with E-state index in [1.165, 1.54) is 6.92 Å². The second-order valence-electron chi connectivity index (χ2n) is 4.25. The Morgan fingerprint density at radius 1 is 1.47 bits per heavy atom. The summed E-state index contributed by atoms with van der Waals surface area (Å²) in [6.45, 7) is 3.32. The third kappa shape index (κ3) is 3.81. The Hall–Kier alpha value is -1.34. The number of carboxylic acid groups (broad SMARTS) is 2. The zero-order chi connectivity index (χ0) is 14.6. The first kappa shape index (κ1) is 15.7. The van der Waals surface area contributed by atoms with Gasteiger partial charge >= 0.3 is 11.9 Å². The molecule has 1 heterocycles. The molecule has 0 fully saturated rings. The molecule has 0 aromatic heterocycles. The van der Waals surface area contributed by atoms with Crippen LogP contribution in [0.5, 0.6) is 0 Å². The first-order valence-electron chi connectivity index (χ1n) is 5.97. The third-order valence-corrected chi connectivity index (χ3v) is 3.92. The van der Waals surface area contributed by atoms with Crippen LogP contribution in [0.15, 0.2) is 16.0 Å². The first-order chi connectivity index (χ1) is 8.88. The Morgan fingerprint density at radius 2 is 2.11 bits per heavy atom. The second-order valence-corrected chi connectivity index (χ2v) is 5.41. The van der Waals surface area contributed by atoms with Gasteiger partial charge in [-0.1, -0.05) is 31.2 Å². The molecular formula is C12H17NO5S. The second kappa shape index (κ2) is 6.72. The standard InChI is InChI=1S/C12H17NO5S/c1-3-4-5-7-9(12(17)18)13-10(19-7)8(6(2)14)11(15)16/h5-6,8,10,14H,3-4H2,1-2H3,(H,15,16)(H,17,18)/b7-5-/t6-,8-,10-/m1/s1. The number of carbonyl (C=O) groups is 2. The van der Waals surface area contributed by atoms with Gasteiger partial charge in [-0.2, -0.15) is 0 Å². The van der Waals surface area contributed by atoms with Gasteiger partial charge in [0.05, 0.1) is 6.10 Å². The number of rotatable bonds is 6. The molecule has 3 N–H and O–H groups in total. The molecular weight excluding hydrogens is 270 g/mol. The Labute approximate surface area is 115 Å². The van der Waals surface area contributed by atoms with Crippen LogP contribution in [0.1, 0.15) is 26.7 Å². The fraction of sp³-hybridized carbons (Fsp3) is 0.583. The predicted octanol–water partition coefficient (Wildman–Crippen LogP) is 1.35. The smallest absolute Gasteiger partial charge is 0.355 e. The molecule has 0 saturated carbocycles. The van der Waals surface area contributed by atoms with Gasteiger partial charge in [0.15, 0.2) is 5.71 Å². The van der Waals surface area contributed by atoms with Crippen molar-refractivity contribution in [3.8, 4) is 0 Å². The maximum Gasteiger partial charge on any atom is 0.355 e. The molecule has 0 aromatic rings. The van der Waals surface area contributed by atoms with E-state index in [0.717, 1.165) is 18.2 Å². The van der Waals surface area contributed by atoms with Gasteiger partial charge in [-0.25, -0.2) is 4.79 Å². The Kier molecular flexibility index (Phi) is 5.56. The van der Waals surface area contributed by atoms with Gasteiger partial charge in [-0.3, -0.25) is 9.79 Å². The largest absolute Gasteiger partial charge is 0.481 e. The lowest BCUT2D eigenvalue weighted by molar-refractivity contribution is -0.145. The quantitative estimate of drug-likeness (QED) is 0.680. The van der Waals surface area contributed by atoms with Gasteiger partial charge in [-0.05, 0) is 13.3 Å². The summed E-state index contributed by atoms with van der Waals surface area (Å²) in [6.07, 6.45) is 2.21. The minimum Gasteiger partial charge on any atom is -0.481 e. The lowest BCUT2D eigenvalue weighted by Crippen LogP contribution is -2.33. The number of aliphatic hydroxyl groups excluding tert-OH is 1. The number of aliphatic hydroxyl groups is 1. The molecule has 3 atom stereocenters. The van der Waals surface area contributed by atoms with Crippen molar-refractivity contribution in [1.82, 2.24) is 0 Å². The van der Waals surface area contributed by atoms with Crippen molar-refractivity contribution in [1.29, 1.82) is 0 Å². The van der Waals surface area contributed by atoms with E-state index in [0.29, 0.717) is 11.3 Å². The van der Waals surface area contributed by atoms with E-state index < -0.39 is 29.3 Å². The Balaban J connectivity index is 3.01. The van der Waals surface area contributed by atoms with Crippen LogP contribution < -0.4 is 0 Å². The van der Waals surface area contributed by atoms with Crippen molar-refractivity contribution < 1.29 is 24.9 Å². The van der Waals surface area contributed by atoms with Gasteiger partial charge in [0.2, 0.25) is 0 Å². The molecule has 106 valence electrons. The zero-order valence-corrected chi connectivity index (χ0v) is 11.6. The van der Waals surface area contributed by atoms with Crippen LogP contribution in [0.25, 0.3) is 0 Å². The monoisotopic (exact) mass is 287 g/mol. The molecule has 0 aromatic carbocycles. The van der Waals surface area contributed by atoms with Crippen molar-refractivity contribution in [2.24, 2.45) is 10.9 Å². The van der Waals surface area contributed by atoms with Crippen LogP contribution in [-0.4, -0.2) is 44.4 Å². The minimum absolute atomic E-state index is 0.115. The highest BCUT2D eigenvalue weighted by molar-refractivity contribution is 8.05. The van der Waals surface area contributed by atoms with Crippen molar-refractivity contribution in [3.05, 3.63) is 11.0 Å². The highest BCUT2D eigenvalue weighted by Gasteiger charge is 2.39. The van der Waals surface area contributed by atoms with Crippen LogP contribution in [0, 0.1) is 5.92 Å². The molecule has 0 saturated heterocycles. The Morgan fingerprint density at radius 3 is 2.53 bits per heavy atom. The first-order valence-corrected chi connectivity index (χ1v) is 6.85. The molecule has 0 bridgehead atoms. The van der Waals surface area contributed by atoms with Crippen molar-refractivity contribution in [3.63, 3.8) is 0 Å². The normalized spacial score (nSPS) is 24.1. The molecule has 0 spiro atoms. The number of carboxylic acids is 2. The van der Waals surface area contributed by atoms with E-state index in [2.05, 4.69) is 4.99 Å². The van der Waals surface area contributed by atoms with Gasteiger partial charge in [0.1, 0.15) is 11.3 Å². The maximum atomic E-state index is 11.1. The highest BCUT2D eigenvalue weighted by atomic mass is 32.2. The lowest BCUT2D eigenvalue weighted by atomic mass is 10.0. The molecule has 1 rings (SSSR count). The minimum atomic E-state index is -1.18. The van der Waals surface area contributed by atoms with Gasteiger partial charge in [-0.15, -0.1) is 0 Å². The van der Waals surface area contributed by atoms with Crippen molar-refractivity contribution in [2.45, 2.75) is 38.2 Å². The summed E-state index contributed by atoms with van der Waals surface area (Å²) in [6, 6.07) is 0. The number of nitrogens with zero attached hydrogens (tertiary/aromatic N) is 1. The molecule has 6 nitrogen and oxygen atoms in total. The number of hydrogen-bond donors (Lipinski definition) is 3. The molecule has 0 aliphatic carbocycles. The van der Waals surface area contributed by atoms with E-state index in [1.54, 1.807) is 6.08 Å². The number of aliphatic carboxylic acids is 2.